The summed E-state index contributed by atoms with van der Waals surface area (Å²) in [6.07, 6.45) is 0. The van der Waals surface area contributed by atoms with Gasteiger partial charge in [-0.3, -0.25) is 0 Å². The zero-order valence-electron chi connectivity index (χ0n) is 12.8. The van der Waals surface area contributed by atoms with Gasteiger partial charge in [0.2, 0.25) is 5.88 Å². The van der Waals surface area contributed by atoms with E-state index in [1.165, 1.54) is 5.56 Å². The van der Waals surface area contributed by atoms with Crippen LogP contribution in [0.4, 0.5) is 5.88 Å². The second-order valence-corrected chi connectivity index (χ2v) is 7.05. The Bertz CT molecular complexity index is 636. The van der Waals surface area contributed by atoms with Gasteiger partial charge in [0.15, 0.2) is 0 Å². The van der Waals surface area contributed by atoms with Crippen molar-refractivity contribution in [1.82, 2.24) is 5.16 Å². The molecule has 3 heteroatoms. The van der Waals surface area contributed by atoms with E-state index >= 15 is 0 Å². The number of rotatable bonds is 2. The minimum Gasteiger partial charge on any atom is -0.367 e. The van der Waals surface area contributed by atoms with Crippen molar-refractivity contribution in [2.75, 3.05) is 5.73 Å². The highest BCUT2D eigenvalue weighted by molar-refractivity contribution is 5.76. The SMILES string of the molecule is Cc1ccc(-c2c(C3C(C)(C)C3(C)C)noc2N)cc1. The van der Waals surface area contributed by atoms with Crippen molar-refractivity contribution >= 4 is 5.88 Å². The lowest BCUT2D eigenvalue weighted by atomic mass is 9.99. The molecule has 0 saturated heterocycles. The third-order valence-electron chi connectivity index (χ3n) is 5.38. The van der Waals surface area contributed by atoms with Crippen molar-refractivity contribution in [2.45, 2.75) is 40.5 Å². The van der Waals surface area contributed by atoms with E-state index < -0.39 is 0 Å². The van der Waals surface area contributed by atoms with E-state index in [-0.39, 0.29) is 10.8 Å². The molecule has 1 fully saturated rings. The smallest absolute Gasteiger partial charge is 0.230 e. The number of hydrogen-bond donors (Lipinski definition) is 1. The molecule has 1 aliphatic rings. The lowest BCUT2D eigenvalue weighted by molar-refractivity contribution is 0.423. The van der Waals surface area contributed by atoms with Gasteiger partial charge in [-0.25, -0.2) is 0 Å². The predicted octanol–water partition coefficient (Wildman–Crippen LogP) is 4.38. The lowest BCUT2D eigenvalue weighted by Crippen LogP contribution is -1.95. The highest BCUT2D eigenvalue weighted by atomic mass is 16.5. The first-order valence-corrected chi connectivity index (χ1v) is 7.09. The van der Waals surface area contributed by atoms with Crippen molar-refractivity contribution in [3.05, 3.63) is 35.5 Å². The van der Waals surface area contributed by atoms with Gasteiger partial charge in [0.05, 0.1) is 11.3 Å². The Morgan fingerprint density at radius 2 is 1.60 bits per heavy atom. The van der Waals surface area contributed by atoms with Gasteiger partial charge in [-0.05, 0) is 23.3 Å². The zero-order valence-corrected chi connectivity index (χ0v) is 12.8. The number of nitrogen functional groups attached to an aromatic ring is 1. The number of anilines is 1. The van der Waals surface area contributed by atoms with Gasteiger partial charge in [-0.1, -0.05) is 62.7 Å². The van der Waals surface area contributed by atoms with Crippen LogP contribution in [0, 0.1) is 17.8 Å². The van der Waals surface area contributed by atoms with Gasteiger partial charge in [0.1, 0.15) is 0 Å². The van der Waals surface area contributed by atoms with Crippen molar-refractivity contribution in [1.29, 1.82) is 0 Å². The second-order valence-electron chi connectivity index (χ2n) is 7.05. The van der Waals surface area contributed by atoms with Gasteiger partial charge < -0.3 is 10.3 Å². The van der Waals surface area contributed by atoms with Crippen LogP contribution in [0.15, 0.2) is 28.8 Å². The summed E-state index contributed by atoms with van der Waals surface area (Å²) >= 11 is 0. The molecule has 0 spiro atoms. The molecule has 106 valence electrons. The first-order valence-electron chi connectivity index (χ1n) is 7.09. The molecule has 0 radical (unpaired) electrons. The lowest BCUT2D eigenvalue weighted by Gasteiger charge is -2.04. The third kappa shape index (κ3) is 1.62. The molecule has 0 amide bonds. The van der Waals surface area contributed by atoms with E-state index in [2.05, 4.69) is 64.0 Å². The average Bonchev–Trinajstić information content (AvgIpc) is 2.65. The van der Waals surface area contributed by atoms with E-state index in [1.54, 1.807) is 0 Å². The number of aryl methyl sites for hydroxylation is 1. The quantitative estimate of drug-likeness (QED) is 0.881. The summed E-state index contributed by atoms with van der Waals surface area (Å²) in [6, 6.07) is 8.36. The Kier molecular flexibility index (Phi) is 2.56. The van der Waals surface area contributed by atoms with Gasteiger partial charge in [-0.2, -0.15) is 0 Å². The van der Waals surface area contributed by atoms with Gasteiger partial charge in [0.25, 0.3) is 0 Å². The Morgan fingerprint density at radius 3 is 2.10 bits per heavy atom. The summed E-state index contributed by atoms with van der Waals surface area (Å²) in [6.45, 7) is 11.2. The average molecular weight is 270 g/mol. The standard InChI is InChI=1S/C17H22N2O/c1-10-6-8-11(9-7-10)12-13(19-20-15(12)18)14-16(2,3)17(14,4)5/h6-9,14H,18H2,1-5H3. The highest BCUT2D eigenvalue weighted by Crippen LogP contribution is 2.74. The van der Waals surface area contributed by atoms with Crippen molar-refractivity contribution < 1.29 is 4.52 Å². The fraction of sp³-hybridized carbons (Fsp3) is 0.471. The zero-order chi connectivity index (χ0) is 14.7. The van der Waals surface area contributed by atoms with Crippen LogP contribution < -0.4 is 5.73 Å². The summed E-state index contributed by atoms with van der Waals surface area (Å²) in [5, 5.41) is 4.27. The molecule has 3 nitrogen and oxygen atoms in total. The molecule has 20 heavy (non-hydrogen) atoms. The van der Waals surface area contributed by atoms with Crippen LogP contribution in [0.25, 0.3) is 11.1 Å². The summed E-state index contributed by atoms with van der Waals surface area (Å²) in [5.41, 5.74) is 10.7. The summed E-state index contributed by atoms with van der Waals surface area (Å²) < 4.78 is 5.30. The summed E-state index contributed by atoms with van der Waals surface area (Å²) in [7, 11) is 0. The van der Waals surface area contributed by atoms with Crippen LogP contribution >= 0.6 is 0 Å². The van der Waals surface area contributed by atoms with Crippen LogP contribution in [0.1, 0.15) is 44.9 Å². The molecule has 1 aromatic carbocycles. The molecule has 1 heterocycles. The first-order chi connectivity index (χ1) is 9.26. The Balaban J connectivity index is 2.10. The molecule has 1 aliphatic carbocycles. The minimum absolute atomic E-state index is 0.218. The summed E-state index contributed by atoms with van der Waals surface area (Å²) in [4.78, 5) is 0. The third-order valence-corrected chi connectivity index (χ3v) is 5.38. The molecular weight excluding hydrogens is 248 g/mol. The van der Waals surface area contributed by atoms with Crippen LogP contribution in [0.2, 0.25) is 0 Å². The van der Waals surface area contributed by atoms with E-state index in [9.17, 15) is 0 Å². The van der Waals surface area contributed by atoms with Crippen molar-refractivity contribution in [3.8, 4) is 11.1 Å². The van der Waals surface area contributed by atoms with E-state index in [1.807, 2.05) is 0 Å². The maximum Gasteiger partial charge on any atom is 0.230 e. The van der Waals surface area contributed by atoms with Crippen LogP contribution in [-0.2, 0) is 0 Å². The van der Waals surface area contributed by atoms with E-state index in [0.717, 1.165) is 16.8 Å². The second kappa shape index (κ2) is 3.87. The Morgan fingerprint density at radius 1 is 1.05 bits per heavy atom. The highest BCUT2D eigenvalue weighted by Gasteiger charge is 2.67. The number of benzene rings is 1. The number of hydrogen-bond acceptors (Lipinski definition) is 3. The molecule has 2 N–H and O–H groups in total. The van der Waals surface area contributed by atoms with E-state index in [0.29, 0.717) is 11.8 Å². The maximum atomic E-state index is 6.03. The van der Waals surface area contributed by atoms with Gasteiger partial charge >= 0.3 is 0 Å². The first kappa shape index (κ1) is 13.2. The molecule has 1 aromatic heterocycles. The molecular formula is C17H22N2O. The Hall–Kier alpha value is -1.77. The molecule has 3 rings (SSSR count). The van der Waals surface area contributed by atoms with Crippen LogP contribution in [0.5, 0.6) is 0 Å². The molecule has 0 bridgehead atoms. The van der Waals surface area contributed by atoms with Crippen LogP contribution in [0.3, 0.4) is 0 Å². The molecule has 1 saturated carbocycles. The number of nitrogens with two attached hydrogens (primary N) is 1. The molecule has 0 aliphatic heterocycles. The molecule has 0 unspecified atom stereocenters. The summed E-state index contributed by atoms with van der Waals surface area (Å²) in [5.74, 6) is 0.801. The predicted molar refractivity (Wildman–Crippen MR) is 81.4 cm³/mol. The fourth-order valence-corrected chi connectivity index (χ4v) is 3.40. The number of nitrogens with zero attached hydrogens (tertiary/aromatic N) is 1. The Labute approximate surface area is 120 Å². The largest absolute Gasteiger partial charge is 0.367 e. The number of aromatic nitrogens is 1. The van der Waals surface area contributed by atoms with E-state index in [4.69, 9.17) is 10.3 Å². The molecule has 0 atom stereocenters. The topological polar surface area (TPSA) is 52.0 Å². The fourth-order valence-electron chi connectivity index (χ4n) is 3.40. The van der Waals surface area contributed by atoms with Crippen LogP contribution in [-0.4, -0.2) is 5.16 Å². The monoisotopic (exact) mass is 270 g/mol. The van der Waals surface area contributed by atoms with Gasteiger partial charge in [0, 0.05) is 5.92 Å². The van der Waals surface area contributed by atoms with Gasteiger partial charge in [-0.15, -0.1) is 0 Å². The minimum atomic E-state index is 0.218. The normalized spacial score (nSPS) is 20.1. The van der Waals surface area contributed by atoms with Crippen molar-refractivity contribution in [2.24, 2.45) is 10.8 Å². The van der Waals surface area contributed by atoms with Crippen molar-refractivity contribution in [3.63, 3.8) is 0 Å². The molecule has 2 aromatic rings. The maximum absolute atomic E-state index is 6.03.